The summed E-state index contributed by atoms with van der Waals surface area (Å²) in [7, 11) is 0. The Kier molecular flexibility index (Phi) is 2.81. The van der Waals surface area contributed by atoms with E-state index in [1.54, 1.807) is 13.8 Å². The second-order valence-electron chi connectivity index (χ2n) is 2.75. The summed E-state index contributed by atoms with van der Waals surface area (Å²) in [5, 5.41) is 0. The van der Waals surface area contributed by atoms with Crippen molar-refractivity contribution in [1.29, 1.82) is 0 Å². The predicted octanol–water partition coefficient (Wildman–Crippen LogP) is 0.296. The molecular formula is C8H12O4. The van der Waals surface area contributed by atoms with Crippen molar-refractivity contribution in [2.75, 3.05) is 6.61 Å². The normalized spacial score (nSPS) is 29.0. The molecule has 1 fully saturated rings. The molecule has 0 N–H and O–H groups in total. The SMILES string of the molecule is CCOC(=O)C1OC(C)CC1=O. The van der Waals surface area contributed by atoms with Gasteiger partial charge in [-0.15, -0.1) is 0 Å². The highest BCUT2D eigenvalue weighted by Crippen LogP contribution is 2.16. The third-order valence-corrected chi connectivity index (χ3v) is 1.65. The van der Waals surface area contributed by atoms with Gasteiger partial charge in [-0.3, -0.25) is 4.79 Å². The zero-order valence-electron chi connectivity index (χ0n) is 7.20. The van der Waals surface area contributed by atoms with Crippen molar-refractivity contribution in [3.63, 3.8) is 0 Å². The number of hydrogen-bond acceptors (Lipinski definition) is 4. The van der Waals surface area contributed by atoms with Gasteiger partial charge in [0.2, 0.25) is 6.10 Å². The smallest absolute Gasteiger partial charge is 0.343 e. The Morgan fingerprint density at radius 2 is 2.42 bits per heavy atom. The molecule has 4 nitrogen and oxygen atoms in total. The van der Waals surface area contributed by atoms with E-state index in [1.165, 1.54) is 0 Å². The van der Waals surface area contributed by atoms with Gasteiger partial charge in [0.05, 0.1) is 12.7 Å². The first-order valence-corrected chi connectivity index (χ1v) is 4.00. The van der Waals surface area contributed by atoms with Crippen LogP contribution in [0.2, 0.25) is 0 Å². The van der Waals surface area contributed by atoms with E-state index in [1.807, 2.05) is 0 Å². The van der Waals surface area contributed by atoms with E-state index >= 15 is 0 Å². The lowest BCUT2D eigenvalue weighted by Gasteiger charge is -2.07. The Balaban J connectivity index is 2.52. The van der Waals surface area contributed by atoms with Crippen LogP contribution in [0, 0.1) is 0 Å². The molecule has 0 aromatic rings. The molecule has 0 spiro atoms. The summed E-state index contributed by atoms with van der Waals surface area (Å²) in [6.45, 7) is 3.73. The highest BCUT2D eigenvalue weighted by molar-refractivity contribution is 6.03. The van der Waals surface area contributed by atoms with E-state index in [2.05, 4.69) is 4.74 Å². The van der Waals surface area contributed by atoms with Gasteiger partial charge in [0.25, 0.3) is 0 Å². The first kappa shape index (κ1) is 9.19. The van der Waals surface area contributed by atoms with Crippen LogP contribution in [0.3, 0.4) is 0 Å². The van der Waals surface area contributed by atoms with E-state index in [4.69, 9.17) is 4.74 Å². The zero-order valence-corrected chi connectivity index (χ0v) is 7.20. The lowest BCUT2D eigenvalue weighted by Crippen LogP contribution is -2.29. The van der Waals surface area contributed by atoms with Crippen LogP contribution in [0.25, 0.3) is 0 Å². The Hall–Kier alpha value is -0.900. The summed E-state index contributed by atoms with van der Waals surface area (Å²) in [6.07, 6.45) is -0.824. The molecule has 0 saturated carbocycles. The summed E-state index contributed by atoms with van der Waals surface area (Å²) < 4.78 is 9.72. The van der Waals surface area contributed by atoms with Gasteiger partial charge in [-0.1, -0.05) is 0 Å². The number of hydrogen-bond donors (Lipinski definition) is 0. The minimum atomic E-state index is -0.972. The lowest BCUT2D eigenvalue weighted by atomic mass is 10.2. The maximum Gasteiger partial charge on any atom is 0.343 e. The van der Waals surface area contributed by atoms with Crippen molar-refractivity contribution in [3.05, 3.63) is 0 Å². The molecule has 1 heterocycles. The van der Waals surface area contributed by atoms with Crippen molar-refractivity contribution in [2.45, 2.75) is 32.5 Å². The molecule has 0 radical (unpaired) electrons. The summed E-state index contributed by atoms with van der Waals surface area (Å²) in [5.41, 5.74) is 0. The quantitative estimate of drug-likeness (QED) is 0.444. The average molecular weight is 172 g/mol. The van der Waals surface area contributed by atoms with Crippen molar-refractivity contribution in [3.8, 4) is 0 Å². The van der Waals surface area contributed by atoms with Crippen LogP contribution in [0.1, 0.15) is 20.3 Å². The molecular weight excluding hydrogens is 160 g/mol. The number of carbonyl (C=O) groups excluding carboxylic acids is 2. The van der Waals surface area contributed by atoms with Gasteiger partial charge < -0.3 is 9.47 Å². The fourth-order valence-electron chi connectivity index (χ4n) is 1.15. The summed E-state index contributed by atoms with van der Waals surface area (Å²) in [4.78, 5) is 22.1. The molecule has 0 aliphatic carbocycles. The molecule has 2 unspecified atom stereocenters. The van der Waals surface area contributed by atoms with Gasteiger partial charge in [0.1, 0.15) is 0 Å². The van der Waals surface area contributed by atoms with E-state index in [9.17, 15) is 9.59 Å². The molecule has 1 rings (SSSR count). The number of ketones is 1. The van der Waals surface area contributed by atoms with Gasteiger partial charge in [0, 0.05) is 6.42 Å². The molecule has 1 saturated heterocycles. The van der Waals surface area contributed by atoms with E-state index in [0.29, 0.717) is 6.42 Å². The maximum atomic E-state index is 11.1. The second-order valence-corrected chi connectivity index (χ2v) is 2.75. The van der Waals surface area contributed by atoms with Crippen LogP contribution in [-0.4, -0.2) is 30.6 Å². The van der Waals surface area contributed by atoms with Crippen molar-refractivity contribution < 1.29 is 19.1 Å². The molecule has 0 bridgehead atoms. The van der Waals surface area contributed by atoms with Crippen LogP contribution in [0.4, 0.5) is 0 Å². The number of carbonyl (C=O) groups is 2. The van der Waals surface area contributed by atoms with Crippen molar-refractivity contribution >= 4 is 11.8 Å². The van der Waals surface area contributed by atoms with Crippen molar-refractivity contribution in [1.82, 2.24) is 0 Å². The first-order chi connectivity index (χ1) is 5.65. The third kappa shape index (κ3) is 1.82. The van der Waals surface area contributed by atoms with E-state index < -0.39 is 12.1 Å². The molecule has 0 amide bonds. The fourth-order valence-corrected chi connectivity index (χ4v) is 1.15. The minimum Gasteiger partial charge on any atom is -0.464 e. The Labute approximate surface area is 70.8 Å². The summed E-state index contributed by atoms with van der Waals surface area (Å²) in [5.74, 6) is -0.743. The first-order valence-electron chi connectivity index (χ1n) is 4.00. The number of ether oxygens (including phenoxy) is 2. The van der Waals surface area contributed by atoms with Gasteiger partial charge in [-0.25, -0.2) is 4.79 Å². The van der Waals surface area contributed by atoms with Gasteiger partial charge in [-0.2, -0.15) is 0 Å². The summed E-state index contributed by atoms with van der Waals surface area (Å²) in [6, 6.07) is 0. The lowest BCUT2D eigenvalue weighted by molar-refractivity contribution is -0.157. The minimum absolute atomic E-state index is 0.160. The number of esters is 1. The number of Topliss-reactive ketones (excluding diaryl/α,β-unsaturated/α-hetero) is 1. The van der Waals surface area contributed by atoms with Crippen LogP contribution in [0.15, 0.2) is 0 Å². The van der Waals surface area contributed by atoms with Gasteiger partial charge in [0.15, 0.2) is 5.78 Å². The predicted molar refractivity (Wildman–Crippen MR) is 40.6 cm³/mol. The standard InChI is InChI=1S/C8H12O4/c1-3-11-8(10)7-6(9)4-5(2)12-7/h5,7H,3-4H2,1-2H3. The Morgan fingerprint density at radius 1 is 1.75 bits per heavy atom. The summed E-state index contributed by atoms with van der Waals surface area (Å²) >= 11 is 0. The molecule has 1 aliphatic heterocycles. The highest BCUT2D eigenvalue weighted by Gasteiger charge is 2.37. The Morgan fingerprint density at radius 3 is 2.83 bits per heavy atom. The van der Waals surface area contributed by atoms with Crippen LogP contribution in [0.5, 0.6) is 0 Å². The maximum absolute atomic E-state index is 11.1. The van der Waals surface area contributed by atoms with Gasteiger partial charge in [-0.05, 0) is 13.8 Å². The van der Waals surface area contributed by atoms with Crippen LogP contribution < -0.4 is 0 Å². The van der Waals surface area contributed by atoms with Crippen molar-refractivity contribution in [2.24, 2.45) is 0 Å². The molecule has 68 valence electrons. The topological polar surface area (TPSA) is 52.6 Å². The second kappa shape index (κ2) is 3.67. The largest absolute Gasteiger partial charge is 0.464 e. The average Bonchev–Trinajstić information content (AvgIpc) is 2.30. The third-order valence-electron chi connectivity index (χ3n) is 1.65. The van der Waals surface area contributed by atoms with Crippen LogP contribution >= 0.6 is 0 Å². The van der Waals surface area contributed by atoms with Gasteiger partial charge >= 0.3 is 5.97 Å². The molecule has 4 heteroatoms. The molecule has 12 heavy (non-hydrogen) atoms. The number of rotatable bonds is 2. The van der Waals surface area contributed by atoms with E-state index in [-0.39, 0.29) is 18.5 Å². The fraction of sp³-hybridized carbons (Fsp3) is 0.750. The molecule has 0 aromatic heterocycles. The zero-order chi connectivity index (χ0) is 9.14. The van der Waals surface area contributed by atoms with Crippen LogP contribution in [-0.2, 0) is 19.1 Å². The molecule has 1 aliphatic rings. The molecule has 0 aromatic carbocycles. The Bertz CT molecular complexity index is 199. The highest BCUT2D eigenvalue weighted by atomic mass is 16.6. The monoisotopic (exact) mass is 172 g/mol. The van der Waals surface area contributed by atoms with E-state index in [0.717, 1.165) is 0 Å². The molecule has 2 atom stereocenters.